The van der Waals surface area contributed by atoms with Gasteiger partial charge in [-0.25, -0.2) is 8.42 Å². The van der Waals surface area contributed by atoms with Gasteiger partial charge in [-0.1, -0.05) is 0 Å². The van der Waals surface area contributed by atoms with E-state index in [4.69, 9.17) is 11.6 Å². The number of amides is 1. The summed E-state index contributed by atoms with van der Waals surface area (Å²) in [4.78, 5) is 11.7. The third kappa shape index (κ3) is 2.99. The first-order chi connectivity index (χ1) is 8.54. The van der Waals surface area contributed by atoms with Crippen molar-refractivity contribution in [2.45, 2.75) is 61.5 Å². The second kappa shape index (κ2) is 5.78. The molecule has 1 N–H and O–H groups in total. The molecule has 104 valence electrons. The van der Waals surface area contributed by atoms with Crippen molar-refractivity contribution in [2.24, 2.45) is 0 Å². The van der Waals surface area contributed by atoms with E-state index in [-0.39, 0.29) is 22.4 Å². The molecule has 0 aromatic rings. The Morgan fingerprint density at radius 1 is 1.17 bits per heavy atom. The number of carbonyl (C=O) groups is 1. The van der Waals surface area contributed by atoms with E-state index in [1.165, 1.54) is 0 Å². The molecule has 1 amide bonds. The SMILES string of the molecule is O=C(CCCCCl)NC1CC2CCC(C1)S2(=O)=O. The highest BCUT2D eigenvalue weighted by molar-refractivity contribution is 7.93. The van der Waals surface area contributed by atoms with Gasteiger partial charge in [-0.3, -0.25) is 4.79 Å². The number of fused-ring (bicyclic) bond motifs is 2. The van der Waals surface area contributed by atoms with Gasteiger partial charge >= 0.3 is 0 Å². The molecule has 2 aliphatic heterocycles. The summed E-state index contributed by atoms with van der Waals surface area (Å²) in [5.41, 5.74) is 0. The normalized spacial score (nSPS) is 33.3. The van der Waals surface area contributed by atoms with Crippen LogP contribution in [0.15, 0.2) is 0 Å². The zero-order chi connectivity index (χ0) is 13.2. The van der Waals surface area contributed by atoms with E-state index in [0.717, 1.165) is 25.7 Å². The van der Waals surface area contributed by atoms with E-state index in [1.54, 1.807) is 0 Å². The first kappa shape index (κ1) is 14.1. The van der Waals surface area contributed by atoms with Crippen LogP contribution in [-0.4, -0.2) is 36.7 Å². The van der Waals surface area contributed by atoms with Gasteiger partial charge in [0.25, 0.3) is 0 Å². The second-order valence-electron chi connectivity index (χ2n) is 5.29. The van der Waals surface area contributed by atoms with Gasteiger partial charge in [-0.05, 0) is 38.5 Å². The van der Waals surface area contributed by atoms with Crippen LogP contribution in [0.3, 0.4) is 0 Å². The smallest absolute Gasteiger partial charge is 0.220 e. The minimum absolute atomic E-state index is 0.0313. The summed E-state index contributed by atoms with van der Waals surface area (Å²) >= 11 is 5.56. The Bertz CT molecular complexity index is 390. The molecule has 2 aliphatic rings. The summed E-state index contributed by atoms with van der Waals surface area (Å²) in [7, 11) is -2.89. The number of hydrogen-bond acceptors (Lipinski definition) is 3. The Morgan fingerprint density at radius 3 is 2.33 bits per heavy atom. The highest BCUT2D eigenvalue weighted by Gasteiger charge is 2.46. The lowest BCUT2D eigenvalue weighted by molar-refractivity contribution is -0.122. The number of carbonyl (C=O) groups excluding carboxylic acids is 1. The first-order valence-electron chi connectivity index (χ1n) is 6.62. The van der Waals surface area contributed by atoms with Crippen LogP contribution in [0.4, 0.5) is 0 Å². The topological polar surface area (TPSA) is 63.2 Å². The van der Waals surface area contributed by atoms with Crippen LogP contribution in [0.2, 0.25) is 0 Å². The molecule has 0 aliphatic carbocycles. The molecule has 2 heterocycles. The average Bonchev–Trinajstić information content (AvgIpc) is 2.52. The second-order valence-corrected chi connectivity index (χ2v) is 8.18. The van der Waals surface area contributed by atoms with Crippen molar-refractivity contribution in [3.05, 3.63) is 0 Å². The van der Waals surface area contributed by atoms with Crippen LogP contribution in [0.25, 0.3) is 0 Å². The molecule has 6 heteroatoms. The molecule has 2 atom stereocenters. The fraction of sp³-hybridized carbons (Fsp3) is 0.917. The Morgan fingerprint density at radius 2 is 1.78 bits per heavy atom. The van der Waals surface area contributed by atoms with Gasteiger partial charge in [0.05, 0.1) is 10.5 Å². The molecule has 0 saturated carbocycles. The standard InChI is InChI=1S/C12H20ClNO3S/c13-6-2-1-3-12(15)14-9-7-10-4-5-11(8-9)18(10,16)17/h9-11H,1-8H2,(H,14,15). The van der Waals surface area contributed by atoms with Gasteiger partial charge in [0.1, 0.15) is 0 Å². The zero-order valence-corrected chi connectivity index (χ0v) is 12.0. The molecule has 0 aromatic carbocycles. The Hall–Kier alpha value is -0.290. The number of rotatable bonds is 5. The number of nitrogens with one attached hydrogen (secondary N) is 1. The molecular formula is C12H20ClNO3S. The Kier molecular flexibility index (Phi) is 4.54. The minimum atomic E-state index is -2.89. The molecule has 18 heavy (non-hydrogen) atoms. The molecule has 2 fully saturated rings. The van der Waals surface area contributed by atoms with Gasteiger partial charge in [0.15, 0.2) is 9.84 Å². The van der Waals surface area contributed by atoms with Crippen molar-refractivity contribution < 1.29 is 13.2 Å². The number of sulfone groups is 1. The van der Waals surface area contributed by atoms with Crippen LogP contribution in [0, 0.1) is 0 Å². The lowest BCUT2D eigenvalue weighted by Crippen LogP contribution is -2.45. The molecule has 2 saturated heterocycles. The van der Waals surface area contributed by atoms with Crippen molar-refractivity contribution in [3.63, 3.8) is 0 Å². The molecule has 0 aromatic heterocycles. The summed E-state index contributed by atoms with van der Waals surface area (Å²) in [6.45, 7) is 0. The monoisotopic (exact) mass is 293 g/mol. The third-order valence-corrected chi connectivity index (χ3v) is 6.97. The molecule has 2 bridgehead atoms. The van der Waals surface area contributed by atoms with E-state index in [1.807, 2.05) is 0 Å². The Labute approximate surface area is 113 Å². The zero-order valence-electron chi connectivity index (χ0n) is 10.4. The lowest BCUT2D eigenvalue weighted by atomic mass is 10.1. The first-order valence-corrected chi connectivity index (χ1v) is 8.76. The van der Waals surface area contributed by atoms with Crippen molar-refractivity contribution in [1.82, 2.24) is 5.32 Å². The van der Waals surface area contributed by atoms with Crippen molar-refractivity contribution in [2.75, 3.05) is 5.88 Å². The van der Waals surface area contributed by atoms with Crippen molar-refractivity contribution in [3.8, 4) is 0 Å². The van der Waals surface area contributed by atoms with E-state index in [2.05, 4.69) is 5.32 Å². The summed E-state index contributed by atoms with van der Waals surface area (Å²) in [5.74, 6) is 0.614. The maximum atomic E-state index is 11.9. The average molecular weight is 294 g/mol. The van der Waals surface area contributed by atoms with Crippen LogP contribution < -0.4 is 5.32 Å². The van der Waals surface area contributed by atoms with Crippen LogP contribution in [0.5, 0.6) is 0 Å². The number of alkyl halides is 1. The molecule has 0 spiro atoms. The van der Waals surface area contributed by atoms with Crippen LogP contribution in [-0.2, 0) is 14.6 Å². The fourth-order valence-electron chi connectivity index (χ4n) is 3.01. The van der Waals surface area contributed by atoms with Gasteiger partial charge < -0.3 is 5.32 Å². The number of halogens is 1. The van der Waals surface area contributed by atoms with Crippen molar-refractivity contribution >= 4 is 27.3 Å². The quantitative estimate of drug-likeness (QED) is 0.619. The number of hydrogen-bond donors (Lipinski definition) is 1. The highest BCUT2D eigenvalue weighted by atomic mass is 35.5. The van der Waals surface area contributed by atoms with Gasteiger partial charge in [0.2, 0.25) is 5.91 Å². The summed E-state index contributed by atoms with van der Waals surface area (Å²) in [6.07, 6.45) is 4.87. The van der Waals surface area contributed by atoms with Gasteiger partial charge in [-0.2, -0.15) is 0 Å². The van der Waals surface area contributed by atoms with E-state index < -0.39 is 9.84 Å². The van der Waals surface area contributed by atoms with E-state index in [0.29, 0.717) is 25.1 Å². The highest BCUT2D eigenvalue weighted by Crippen LogP contribution is 2.38. The summed E-state index contributed by atoms with van der Waals surface area (Å²) < 4.78 is 23.8. The fourth-order valence-corrected chi connectivity index (χ4v) is 5.67. The van der Waals surface area contributed by atoms with Gasteiger partial charge in [0, 0.05) is 18.3 Å². The largest absolute Gasteiger partial charge is 0.353 e. The third-order valence-electron chi connectivity index (χ3n) is 3.99. The van der Waals surface area contributed by atoms with Gasteiger partial charge in [-0.15, -0.1) is 11.6 Å². The Balaban J connectivity index is 1.81. The van der Waals surface area contributed by atoms with E-state index >= 15 is 0 Å². The van der Waals surface area contributed by atoms with E-state index in [9.17, 15) is 13.2 Å². The molecule has 2 unspecified atom stereocenters. The molecule has 2 rings (SSSR count). The summed E-state index contributed by atoms with van der Waals surface area (Å²) in [5, 5.41) is 2.53. The van der Waals surface area contributed by atoms with Crippen LogP contribution in [0.1, 0.15) is 44.9 Å². The van der Waals surface area contributed by atoms with Crippen molar-refractivity contribution in [1.29, 1.82) is 0 Å². The lowest BCUT2D eigenvalue weighted by Gasteiger charge is -2.28. The maximum absolute atomic E-state index is 11.9. The predicted molar refractivity (Wildman–Crippen MR) is 71.5 cm³/mol. The predicted octanol–water partition coefficient (Wildman–Crippen LogP) is 1.62. The summed E-state index contributed by atoms with van der Waals surface area (Å²) in [6, 6.07) is 0.0505. The maximum Gasteiger partial charge on any atom is 0.220 e. The van der Waals surface area contributed by atoms with Crippen LogP contribution >= 0.6 is 11.6 Å². The molecule has 0 radical (unpaired) electrons. The molecule has 4 nitrogen and oxygen atoms in total. The number of unbranched alkanes of at least 4 members (excludes halogenated alkanes) is 1. The minimum Gasteiger partial charge on any atom is -0.353 e. The molecular weight excluding hydrogens is 274 g/mol.